The summed E-state index contributed by atoms with van der Waals surface area (Å²) < 4.78 is 0. The van der Waals surface area contributed by atoms with E-state index in [1.165, 1.54) is 51.7 Å². The van der Waals surface area contributed by atoms with Gasteiger partial charge in [-0.05, 0) is 50.6 Å². The molecule has 1 aliphatic carbocycles. The predicted molar refractivity (Wildman–Crippen MR) is 60.2 cm³/mol. The maximum atomic E-state index is 5.90. The average molecular weight is 196 g/mol. The standard InChI is InChI=1S/C12H24N2/c1-10-2-3-11(8-10)9-14-6-4-12(13)5-7-14/h10-12H,2-9,13H2,1H3. The normalized spacial score (nSPS) is 36.4. The van der Waals surface area contributed by atoms with Crippen molar-refractivity contribution in [2.24, 2.45) is 17.6 Å². The Morgan fingerprint density at radius 2 is 1.86 bits per heavy atom. The van der Waals surface area contributed by atoms with Crippen LogP contribution >= 0.6 is 0 Å². The zero-order chi connectivity index (χ0) is 9.97. The average Bonchev–Trinajstić information content (AvgIpc) is 2.56. The molecular formula is C12H24N2. The summed E-state index contributed by atoms with van der Waals surface area (Å²) in [6, 6.07) is 0.480. The highest BCUT2D eigenvalue weighted by Gasteiger charge is 2.24. The van der Waals surface area contributed by atoms with Gasteiger partial charge in [-0.25, -0.2) is 0 Å². The van der Waals surface area contributed by atoms with E-state index >= 15 is 0 Å². The van der Waals surface area contributed by atoms with E-state index in [0.717, 1.165) is 11.8 Å². The van der Waals surface area contributed by atoms with Gasteiger partial charge in [-0.15, -0.1) is 0 Å². The minimum absolute atomic E-state index is 0.480. The van der Waals surface area contributed by atoms with Crippen molar-refractivity contribution in [2.45, 2.75) is 45.1 Å². The molecule has 2 atom stereocenters. The third-order valence-corrected chi connectivity index (χ3v) is 3.95. The van der Waals surface area contributed by atoms with E-state index in [2.05, 4.69) is 11.8 Å². The van der Waals surface area contributed by atoms with E-state index in [9.17, 15) is 0 Å². The van der Waals surface area contributed by atoms with Gasteiger partial charge in [0.25, 0.3) is 0 Å². The van der Waals surface area contributed by atoms with Crippen LogP contribution in [0.4, 0.5) is 0 Å². The molecule has 0 radical (unpaired) electrons. The molecule has 2 aliphatic rings. The molecule has 2 fully saturated rings. The second-order valence-corrected chi connectivity index (χ2v) is 5.42. The Labute approximate surface area is 87.8 Å². The number of likely N-dealkylation sites (tertiary alicyclic amines) is 1. The Kier molecular flexibility index (Phi) is 3.45. The molecule has 2 N–H and O–H groups in total. The number of nitrogens with zero attached hydrogens (tertiary/aromatic N) is 1. The van der Waals surface area contributed by atoms with Gasteiger partial charge in [-0.1, -0.05) is 13.3 Å². The molecule has 2 heteroatoms. The minimum atomic E-state index is 0.480. The van der Waals surface area contributed by atoms with Crippen molar-refractivity contribution < 1.29 is 0 Å². The Morgan fingerprint density at radius 3 is 2.43 bits per heavy atom. The predicted octanol–water partition coefficient (Wildman–Crippen LogP) is 1.85. The zero-order valence-electron chi connectivity index (χ0n) is 9.41. The molecule has 1 aliphatic heterocycles. The first-order valence-corrected chi connectivity index (χ1v) is 6.22. The first kappa shape index (κ1) is 10.4. The highest BCUT2D eigenvalue weighted by Crippen LogP contribution is 2.31. The zero-order valence-corrected chi connectivity index (χ0v) is 9.41. The van der Waals surface area contributed by atoms with Gasteiger partial charge in [-0.3, -0.25) is 0 Å². The van der Waals surface area contributed by atoms with Crippen LogP contribution in [0.15, 0.2) is 0 Å². The molecule has 1 saturated heterocycles. The summed E-state index contributed by atoms with van der Waals surface area (Å²) in [5.41, 5.74) is 5.90. The lowest BCUT2D eigenvalue weighted by molar-refractivity contribution is 0.183. The number of nitrogens with two attached hydrogens (primary N) is 1. The summed E-state index contributed by atoms with van der Waals surface area (Å²) in [7, 11) is 0. The van der Waals surface area contributed by atoms with Crippen molar-refractivity contribution in [3.8, 4) is 0 Å². The smallest absolute Gasteiger partial charge is 0.00631 e. The summed E-state index contributed by atoms with van der Waals surface area (Å²) in [6.07, 6.45) is 6.80. The van der Waals surface area contributed by atoms with E-state index in [1.54, 1.807) is 0 Å². The second kappa shape index (κ2) is 4.63. The van der Waals surface area contributed by atoms with Crippen LogP contribution in [-0.2, 0) is 0 Å². The molecule has 14 heavy (non-hydrogen) atoms. The van der Waals surface area contributed by atoms with Crippen LogP contribution in [0.2, 0.25) is 0 Å². The Hall–Kier alpha value is -0.0800. The van der Waals surface area contributed by atoms with Gasteiger partial charge in [0.2, 0.25) is 0 Å². The highest BCUT2D eigenvalue weighted by atomic mass is 15.1. The van der Waals surface area contributed by atoms with Crippen molar-refractivity contribution >= 4 is 0 Å². The Morgan fingerprint density at radius 1 is 1.14 bits per heavy atom. The molecule has 82 valence electrons. The largest absolute Gasteiger partial charge is 0.328 e. The molecule has 0 amide bonds. The molecule has 0 bridgehead atoms. The Bertz CT molecular complexity index is 173. The molecule has 0 aromatic carbocycles. The topological polar surface area (TPSA) is 29.3 Å². The van der Waals surface area contributed by atoms with Crippen LogP contribution in [0.3, 0.4) is 0 Å². The fourth-order valence-corrected chi connectivity index (χ4v) is 2.99. The van der Waals surface area contributed by atoms with Crippen molar-refractivity contribution in [3.05, 3.63) is 0 Å². The lowest BCUT2D eigenvalue weighted by atomic mass is 10.0. The fourth-order valence-electron chi connectivity index (χ4n) is 2.99. The molecule has 2 rings (SSSR count). The lowest BCUT2D eigenvalue weighted by Gasteiger charge is -2.31. The summed E-state index contributed by atoms with van der Waals surface area (Å²) >= 11 is 0. The summed E-state index contributed by atoms with van der Waals surface area (Å²) in [4.78, 5) is 2.63. The molecule has 0 aromatic heterocycles. The SMILES string of the molecule is CC1CCC(CN2CCC(N)CC2)C1. The summed E-state index contributed by atoms with van der Waals surface area (Å²) in [6.45, 7) is 6.22. The molecule has 2 unspecified atom stereocenters. The molecule has 0 spiro atoms. The first-order chi connectivity index (χ1) is 6.74. The molecule has 1 saturated carbocycles. The number of hydrogen-bond donors (Lipinski definition) is 1. The fraction of sp³-hybridized carbons (Fsp3) is 1.00. The van der Waals surface area contributed by atoms with Gasteiger partial charge >= 0.3 is 0 Å². The van der Waals surface area contributed by atoms with Crippen molar-refractivity contribution in [2.75, 3.05) is 19.6 Å². The molecular weight excluding hydrogens is 172 g/mol. The van der Waals surface area contributed by atoms with Crippen LogP contribution < -0.4 is 5.73 Å². The Balaban J connectivity index is 1.70. The minimum Gasteiger partial charge on any atom is -0.328 e. The van der Waals surface area contributed by atoms with Gasteiger partial charge in [-0.2, -0.15) is 0 Å². The van der Waals surface area contributed by atoms with Crippen molar-refractivity contribution in [1.29, 1.82) is 0 Å². The monoisotopic (exact) mass is 196 g/mol. The van der Waals surface area contributed by atoms with Gasteiger partial charge in [0.05, 0.1) is 0 Å². The van der Waals surface area contributed by atoms with E-state index in [0.29, 0.717) is 6.04 Å². The third-order valence-electron chi connectivity index (χ3n) is 3.95. The van der Waals surface area contributed by atoms with Crippen molar-refractivity contribution in [1.82, 2.24) is 4.90 Å². The summed E-state index contributed by atoms with van der Waals surface area (Å²) in [5.74, 6) is 1.96. The van der Waals surface area contributed by atoms with E-state index in [1.807, 2.05) is 0 Å². The van der Waals surface area contributed by atoms with Crippen LogP contribution in [0, 0.1) is 11.8 Å². The molecule has 1 heterocycles. The van der Waals surface area contributed by atoms with Gasteiger partial charge in [0, 0.05) is 12.6 Å². The summed E-state index contributed by atoms with van der Waals surface area (Å²) in [5, 5.41) is 0. The van der Waals surface area contributed by atoms with E-state index in [-0.39, 0.29) is 0 Å². The number of rotatable bonds is 2. The maximum Gasteiger partial charge on any atom is 0.00631 e. The second-order valence-electron chi connectivity index (χ2n) is 5.42. The van der Waals surface area contributed by atoms with Crippen LogP contribution in [0.25, 0.3) is 0 Å². The maximum absolute atomic E-state index is 5.90. The third kappa shape index (κ3) is 2.71. The molecule has 2 nitrogen and oxygen atoms in total. The number of hydrogen-bond acceptors (Lipinski definition) is 2. The van der Waals surface area contributed by atoms with Gasteiger partial charge < -0.3 is 10.6 Å². The van der Waals surface area contributed by atoms with Crippen LogP contribution in [-0.4, -0.2) is 30.6 Å². The van der Waals surface area contributed by atoms with E-state index in [4.69, 9.17) is 5.73 Å². The van der Waals surface area contributed by atoms with Gasteiger partial charge in [0.1, 0.15) is 0 Å². The lowest BCUT2D eigenvalue weighted by Crippen LogP contribution is -2.41. The number of piperidine rings is 1. The molecule has 0 aromatic rings. The van der Waals surface area contributed by atoms with Crippen LogP contribution in [0.5, 0.6) is 0 Å². The van der Waals surface area contributed by atoms with Crippen LogP contribution in [0.1, 0.15) is 39.0 Å². The highest BCUT2D eigenvalue weighted by molar-refractivity contribution is 4.79. The van der Waals surface area contributed by atoms with Crippen molar-refractivity contribution in [3.63, 3.8) is 0 Å². The van der Waals surface area contributed by atoms with E-state index < -0.39 is 0 Å². The quantitative estimate of drug-likeness (QED) is 0.730. The van der Waals surface area contributed by atoms with Gasteiger partial charge in [0.15, 0.2) is 0 Å². The first-order valence-electron chi connectivity index (χ1n) is 6.22.